The molecule has 0 aromatic heterocycles. The molecule has 27 heavy (non-hydrogen) atoms. The number of benzene rings is 1. The molecule has 1 amide bonds. The number of rotatable bonds is 11. The number of carbonyl (C=O) groups excluding carboxylic acids is 1. The highest BCUT2D eigenvalue weighted by Crippen LogP contribution is 2.38. The van der Waals surface area contributed by atoms with E-state index in [4.69, 9.17) is 9.47 Å². The van der Waals surface area contributed by atoms with E-state index in [1.807, 2.05) is 6.92 Å². The van der Waals surface area contributed by atoms with Gasteiger partial charge in [0, 0.05) is 0 Å². The maximum absolute atomic E-state index is 13.8. The smallest absolute Gasteiger partial charge is 0.421 e. The number of allylic oxidation sites excluding steroid dienone is 1. The van der Waals surface area contributed by atoms with E-state index in [9.17, 15) is 18.0 Å². The van der Waals surface area contributed by atoms with Crippen LogP contribution in [0, 0.1) is 0 Å². The van der Waals surface area contributed by atoms with Crippen LogP contribution in [0.5, 0.6) is 0 Å². The van der Waals surface area contributed by atoms with Crippen LogP contribution in [-0.4, -0.2) is 30.5 Å². The molecule has 0 saturated heterocycles. The van der Waals surface area contributed by atoms with Crippen molar-refractivity contribution >= 4 is 6.09 Å². The first-order valence-corrected chi connectivity index (χ1v) is 8.79. The van der Waals surface area contributed by atoms with Gasteiger partial charge in [-0.1, -0.05) is 43.3 Å². The van der Waals surface area contributed by atoms with Gasteiger partial charge in [-0.3, -0.25) is 5.43 Å². The Hall–Kier alpha value is -2.06. The average Bonchev–Trinajstić information content (AvgIpc) is 2.63. The van der Waals surface area contributed by atoms with Crippen LogP contribution in [0.25, 0.3) is 0 Å². The van der Waals surface area contributed by atoms with Crippen molar-refractivity contribution < 1.29 is 27.4 Å². The first kappa shape index (κ1) is 23.0. The molecule has 5 nitrogen and oxygen atoms in total. The largest absolute Gasteiger partial charge is 0.446 e. The van der Waals surface area contributed by atoms with Crippen LogP contribution in [0.1, 0.15) is 38.7 Å². The monoisotopic (exact) mass is 388 g/mol. The highest BCUT2D eigenvalue weighted by molar-refractivity contribution is 5.66. The number of alkyl halides is 3. The number of hydrogen-bond donors (Lipinski definition) is 2. The number of carbonyl (C=O) groups is 1. The molecule has 0 aliphatic carbocycles. The van der Waals surface area contributed by atoms with E-state index in [1.165, 1.54) is 6.08 Å². The molecule has 1 aromatic carbocycles. The third kappa shape index (κ3) is 7.60. The second-order valence-corrected chi connectivity index (χ2v) is 6.20. The van der Waals surface area contributed by atoms with Crippen LogP contribution in [0.4, 0.5) is 18.0 Å². The van der Waals surface area contributed by atoms with Crippen molar-refractivity contribution in [3.05, 3.63) is 48.6 Å². The fourth-order valence-corrected chi connectivity index (χ4v) is 2.22. The summed E-state index contributed by atoms with van der Waals surface area (Å²) >= 11 is 0. The lowest BCUT2D eigenvalue weighted by atomic mass is 9.96. The minimum Gasteiger partial charge on any atom is -0.446 e. The van der Waals surface area contributed by atoms with Gasteiger partial charge in [0.15, 0.2) is 5.60 Å². The van der Waals surface area contributed by atoms with Gasteiger partial charge in [-0.15, -0.1) is 6.58 Å². The third-order valence-electron chi connectivity index (χ3n) is 4.07. The Bertz CT molecular complexity index is 581. The summed E-state index contributed by atoms with van der Waals surface area (Å²) in [5, 5.41) is 0. The highest BCUT2D eigenvalue weighted by Gasteiger charge is 2.55. The van der Waals surface area contributed by atoms with Gasteiger partial charge in [-0.05, 0) is 31.7 Å². The van der Waals surface area contributed by atoms with Crippen molar-refractivity contribution in [3.8, 4) is 0 Å². The Morgan fingerprint density at radius 3 is 2.52 bits per heavy atom. The van der Waals surface area contributed by atoms with Gasteiger partial charge in [0.25, 0.3) is 0 Å². The zero-order valence-corrected chi connectivity index (χ0v) is 15.6. The number of hydrazine groups is 1. The fraction of sp³-hybridized carbons (Fsp3) is 0.526. The summed E-state index contributed by atoms with van der Waals surface area (Å²) in [5.74, 6) is 0. The summed E-state index contributed by atoms with van der Waals surface area (Å²) in [6, 6.07) is 8.59. The fourth-order valence-electron chi connectivity index (χ4n) is 2.22. The molecule has 0 aliphatic heterocycles. The van der Waals surface area contributed by atoms with Crippen molar-refractivity contribution in [2.24, 2.45) is 0 Å². The Morgan fingerprint density at radius 1 is 1.30 bits per heavy atom. The van der Waals surface area contributed by atoms with Gasteiger partial charge < -0.3 is 9.47 Å². The first-order chi connectivity index (χ1) is 12.7. The number of hydrogen-bond acceptors (Lipinski definition) is 4. The van der Waals surface area contributed by atoms with Gasteiger partial charge >= 0.3 is 12.3 Å². The number of ether oxygens (including phenoxy) is 2. The van der Waals surface area contributed by atoms with E-state index in [0.29, 0.717) is 12.0 Å². The predicted octanol–water partition coefficient (Wildman–Crippen LogP) is 4.50. The lowest BCUT2D eigenvalue weighted by molar-refractivity contribution is -0.282. The second kappa shape index (κ2) is 10.9. The van der Waals surface area contributed by atoms with Crippen molar-refractivity contribution in [1.82, 2.24) is 10.9 Å². The predicted molar refractivity (Wildman–Crippen MR) is 96.8 cm³/mol. The molecule has 1 aromatic rings. The molecule has 0 aliphatic rings. The van der Waals surface area contributed by atoms with E-state index < -0.39 is 24.4 Å². The zero-order chi connectivity index (χ0) is 20.3. The summed E-state index contributed by atoms with van der Waals surface area (Å²) in [7, 11) is 0. The SMILES string of the molecule is C=CCC[C@](CNNC(=O)OC(C)CC)(OCc1ccccc1)C(F)(F)F. The molecule has 2 N–H and O–H groups in total. The van der Waals surface area contributed by atoms with Gasteiger partial charge in [0.05, 0.1) is 13.2 Å². The lowest BCUT2D eigenvalue weighted by Crippen LogP contribution is -2.57. The Labute approximate surface area is 157 Å². The van der Waals surface area contributed by atoms with Crippen molar-refractivity contribution in [2.75, 3.05) is 6.54 Å². The van der Waals surface area contributed by atoms with E-state index in [2.05, 4.69) is 17.4 Å². The zero-order valence-electron chi connectivity index (χ0n) is 15.6. The number of nitrogens with one attached hydrogen (secondary N) is 2. The molecule has 152 valence electrons. The van der Waals surface area contributed by atoms with Gasteiger partial charge in [0.2, 0.25) is 0 Å². The van der Waals surface area contributed by atoms with Crippen LogP contribution >= 0.6 is 0 Å². The maximum Gasteiger partial charge on any atom is 0.421 e. The van der Waals surface area contributed by atoms with Crippen molar-refractivity contribution in [2.45, 2.75) is 57.6 Å². The quantitative estimate of drug-likeness (QED) is 0.433. The summed E-state index contributed by atoms with van der Waals surface area (Å²) in [5.41, 5.74) is 2.57. The molecule has 1 rings (SSSR count). The summed E-state index contributed by atoms with van der Waals surface area (Å²) in [6.07, 6.45) is -4.06. The van der Waals surface area contributed by atoms with Gasteiger partial charge in [-0.2, -0.15) is 13.2 Å². The van der Waals surface area contributed by atoms with E-state index >= 15 is 0 Å². The molecular formula is C19H27F3N2O3. The topological polar surface area (TPSA) is 59.6 Å². The lowest BCUT2D eigenvalue weighted by Gasteiger charge is -2.36. The molecular weight excluding hydrogens is 361 g/mol. The Morgan fingerprint density at radius 2 is 1.96 bits per heavy atom. The molecule has 2 atom stereocenters. The van der Waals surface area contributed by atoms with Crippen molar-refractivity contribution in [1.29, 1.82) is 0 Å². The summed E-state index contributed by atoms with van der Waals surface area (Å²) in [4.78, 5) is 11.6. The molecule has 0 fully saturated rings. The summed E-state index contributed by atoms with van der Waals surface area (Å²) < 4.78 is 51.8. The van der Waals surface area contributed by atoms with E-state index in [1.54, 1.807) is 37.3 Å². The van der Waals surface area contributed by atoms with E-state index in [-0.39, 0.29) is 25.6 Å². The molecule has 1 unspecified atom stereocenters. The van der Waals surface area contributed by atoms with Crippen LogP contribution in [0.15, 0.2) is 43.0 Å². The normalized spacial score (nSPS) is 14.9. The molecule has 8 heteroatoms. The first-order valence-electron chi connectivity index (χ1n) is 8.79. The molecule has 0 spiro atoms. The maximum atomic E-state index is 13.8. The molecule has 0 heterocycles. The highest BCUT2D eigenvalue weighted by atomic mass is 19.4. The standard InChI is InChI=1S/C19H27F3N2O3/c1-4-6-12-18(19(20,21)22,26-13-16-10-8-7-9-11-16)14-23-24-17(25)27-15(3)5-2/h4,7-11,15,23H,1,5-6,12-14H2,2-3H3,(H,24,25)/t15?,18-/m1/s1. The van der Waals surface area contributed by atoms with Crippen LogP contribution in [0.2, 0.25) is 0 Å². The van der Waals surface area contributed by atoms with Gasteiger partial charge in [0.1, 0.15) is 6.10 Å². The second-order valence-electron chi connectivity index (χ2n) is 6.20. The number of halogens is 3. The van der Waals surface area contributed by atoms with Crippen LogP contribution < -0.4 is 10.9 Å². The van der Waals surface area contributed by atoms with E-state index in [0.717, 1.165) is 0 Å². The molecule has 0 saturated carbocycles. The molecule has 0 radical (unpaired) electrons. The summed E-state index contributed by atoms with van der Waals surface area (Å²) in [6.45, 7) is 6.12. The minimum atomic E-state index is -4.65. The van der Waals surface area contributed by atoms with Gasteiger partial charge in [-0.25, -0.2) is 10.2 Å². The average molecular weight is 388 g/mol. The molecule has 0 bridgehead atoms. The van der Waals surface area contributed by atoms with Crippen LogP contribution in [-0.2, 0) is 16.1 Å². The third-order valence-corrected chi connectivity index (χ3v) is 4.07. The minimum absolute atomic E-state index is 0.104. The Kier molecular flexibility index (Phi) is 9.31. The van der Waals surface area contributed by atoms with Crippen LogP contribution in [0.3, 0.4) is 0 Å². The number of amides is 1. The Balaban J connectivity index is 2.81. The van der Waals surface area contributed by atoms with Crippen molar-refractivity contribution in [3.63, 3.8) is 0 Å².